The minimum atomic E-state index is -1.41. The van der Waals surface area contributed by atoms with Crippen LogP contribution in [0.15, 0.2) is 10.9 Å². The van der Waals surface area contributed by atoms with Gasteiger partial charge in [-0.15, -0.1) is 0 Å². The molecule has 2 unspecified atom stereocenters. The normalized spacial score (nSPS) is 35.4. The first kappa shape index (κ1) is 22.4. The molecular weight excluding hydrogens is 476 g/mol. The zero-order chi connectivity index (χ0) is 21.8. The number of carbonyl (C=O) groups is 3. The maximum Gasteiger partial charge on any atom is 0.226 e. The van der Waals surface area contributed by atoms with Crippen LogP contribution in [0, 0.1) is 0 Å². The van der Waals surface area contributed by atoms with Gasteiger partial charge in [0.1, 0.15) is 35.9 Å². The van der Waals surface area contributed by atoms with Crippen LogP contribution in [-0.4, -0.2) is 102 Å². The number of hydrogen-bond acceptors (Lipinski definition) is 8. The monoisotopic (exact) mass is 496 g/mol. The van der Waals surface area contributed by atoms with Crippen molar-refractivity contribution in [2.45, 2.75) is 56.6 Å². The molecule has 0 radical (unpaired) electrons. The van der Waals surface area contributed by atoms with Crippen LogP contribution < -0.4 is 0 Å². The second-order valence-corrected chi connectivity index (χ2v) is 8.18. The van der Waals surface area contributed by atoms with Crippen molar-refractivity contribution in [3.8, 4) is 0 Å². The second kappa shape index (κ2) is 8.10. The van der Waals surface area contributed by atoms with Gasteiger partial charge in [0.05, 0.1) is 19.0 Å². The van der Waals surface area contributed by atoms with E-state index in [4.69, 9.17) is 16.3 Å². The second-order valence-electron chi connectivity index (χ2n) is 7.01. The lowest BCUT2D eigenvalue weighted by atomic mass is 10.1. The van der Waals surface area contributed by atoms with E-state index >= 15 is 0 Å². The molecule has 2 saturated heterocycles. The molecule has 13 heteroatoms. The highest BCUT2D eigenvalue weighted by atomic mass is 79.9. The molecule has 3 amide bonds. The molecule has 3 aliphatic rings. The predicted octanol–water partition coefficient (Wildman–Crippen LogP) is -1.33. The van der Waals surface area contributed by atoms with E-state index in [9.17, 15) is 29.7 Å². The quantitative estimate of drug-likeness (QED) is 0.316. The van der Waals surface area contributed by atoms with Crippen LogP contribution in [0.3, 0.4) is 0 Å². The average Bonchev–Trinajstić information content (AvgIpc) is 3.13. The van der Waals surface area contributed by atoms with E-state index in [1.807, 2.05) is 0 Å². The molecule has 6 atom stereocenters. The Morgan fingerprint density at radius 3 is 2.21 bits per heavy atom. The number of rotatable bonds is 2. The molecule has 0 saturated carbocycles. The maximum absolute atomic E-state index is 12.5. The van der Waals surface area contributed by atoms with E-state index in [0.717, 1.165) is 4.90 Å². The van der Waals surface area contributed by atoms with E-state index in [2.05, 4.69) is 15.9 Å². The third-order valence-electron chi connectivity index (χ3n) is 5.21. The summed E-state index contributed by atoms with van der Waals surface area (Å²) in [6.45, 7) is 3.21. The molecule has 3 aliphatic heterocycles. The number of aliphatic hydroxyl groups excluding tert-OH is 3. The van der Waals surface area contributed by atoms with Crippen molar-refractivity contribution >= 4 is 45.3 Å². The molecular formula is C16H22BrClN4O7. The minimum Gasteiger partial charge on any atom is -0.394 e. The summed E-state index contributed by atoms with van der Waals surface area (Å²) in [6.07, 6.45) is -5.91. The number of nitrogens with zero attached hydrogens (tertiary/aromatic N) is 4. The topological polar surface area (TPSA) is 134 Å². The van der Waals surface area contributed by atoms with E-state index in [1.165, 1.54) is 35.5 Å². The number of carbonyl (C=O) groups excluding carboxylic acids is 3. The summed E-state index contributed by atoms with van der Waals surface area (Å²) in [5.41, 5.74) is 0.179. The Bertz CT molecular complexity index is 768. The predicted molar refractivity (Wildman–Crippen MR) is 101 cm³/mol. The molecule has 3 heterocycles. The standard InChI is InChI=1S/C16H22BrClN4O7/c1-6(24)19-5-20(15-12(28)11(27)9(4-23)29-15)14-10(19)13(18)21(7(2)25)16(17)22(14)8(3)26/h9,11-12,14-16,23,27-28H,4-5H2,1-3H3/t9-,11-,12-,14?,15-,16?/m1/s1. The van der Waals surface area contributed by atoms with Gasteiger partial charge in [0, 0.05) is 20.8 Å². The highest BCUT2D eigenvalue weighted by Gasteiger charge is 2.57. The Balaban J connectivity index is 2.13. The number of ether oxygens (including phenoxy) is 1. The number of amides is 3. The lowest BCUT2D eigenvalue weighted by molar-refractivity contribution is -0.156. The molecule has 0 aromatic heterocycles. The largest absolute Gasteiger partial charge is 0.394 e. The van der Waals surface area contributed by atoms with Crippen LogP contribution in [0.1, 0.15) is 20.8 Å². The van der Waals surface area contributed by atoms with Gasteiger partial charge in [-0.25, -0.2) is 4.90 Å². The molecule has 29 heavy (non-hydrogen) atoms. The maximum atomic E-state index is 12.5. The molecule has 3 rings (SSSR count). The average molecular weight is 498 g/mol. The number of halogens is 2. The molecule has 0 bridgehead atoms. The van der Waals surface area contributed by atoms with Crippen molar-refractivity contribution in [2.75, 3.05) is 13.3 Å². The van der Waals surface area contributed by atoms with Gasteiger partial charge in [-0.2, -0.15) is 0 Å². The summed E-state index contributed by atoms with van der Waals surface area (Å²) >= 11 is 9.79. The van der Waals surface area contributed by atoms with Gasteiger partial charge in [-0.1, -0.05) is 11.6 Å². The highest BCUT2D eigenvalue weighted by molar-refractivity contribution is 9.09. The molecule has 0 aromatic carbocycles. The zero-order valence-corrected chi connectivity index (χ0v) is 18.2. The smallest absolute Gasteiger partial charge is 0.226 e. The lowest BCUT2D eigenvalue weighted by Gasteiger charge is -2.46. The van der Waals surface area contributed by atoms with Crippen molar-refractivity contribution < 1.29 is 34.4 Å². The van der Waals surface area contributed by atoms with Crippen LogP contribution in [0.25, 0.3) is 0 Å². The lowest BCUT2D eigenvalue weighted by Crippen LogP contribution is -2.62. The fraction of sp³-hybridized carbons (Fsp3) is 0.688. The van der Waals surface area contributed by atoms with Crippen molar-refractivity contribution in [3.63, 3.8) is 0 Å². The summed E-state index contributed by atoms with van der Waals surface area (Å²) in [5.74, 6) is -1.30. The van der Waals surface area contributed by atoms with E-state index in [1.54, 1.807) is 0 Å². The summed E-state index contributed by atoms with van der Waals surface area (Å²) < 4.78 is 5.61. The van der Waals surface area contributed by atoms with Crippen LogP contribution in [0.5, 0.6) is 0 Å². The van der Waals surface area contributed by atoms with Gasteiger partial charge < -0.3 is 20.1 Å². The van der Waals surface area contributed by atoms with Crippen LogP contribution in [0.2, 0.25) is 0 Å². The first-order chi connectivity index (χ1) is 13.5. The number of hydrogen-bond donors (Lipinski definition) is 3. The van der Waals surface area contributed by atoms with Gasteiger partial charge in [0.15, 0.2) is 5.08 Å². The van der Waals surface area contributed by atoms with Crippen molar-refractivity contribution in [3.05, 3.63) is 10.9 Å². The van der Waals surface area contributed by atoms with Gasteiger partial charge in [-0.3, -0.25) is 29.1 Å². The third kappa shape index (κ3) is 3.46. The molecule has 3 N–H and O–H groups in total. The first-order valence-corrected chi connectivity index (χ1v) is 10.1. The van der Waals surface area contributed by atoms with Gasteiger partial charge in [-0.05, 0) is 15.9 Å². The van der Waals surface area contributed by atoms with Crippen LogP contribution in [0.4, 0.5) is 0 Å². The Labute approximate surface area is 180 Å². The zero-order valence-electron chi connectivity index (χ0n) is 15.9. The molecule has 0 spiro atoms. The summed E-state index contributed by atoms with van der Waals surface area (Å²) in [5, 5.41) is 29.0. The molecule has 0 aromatic rings. The minimum absolute atomic E-state index is 0.0497. The Kier molecular flexibility index (Phi) is 6.26. The summed E-state index contributed by atoms with van der Waals surface area (Å²) in [6, 6.07) is 0. The molecule has 2 fully saturated rings. The number of aliphatic hydroxyl groups is 3. The number of alkyl halides is 1. The van der Waals surface area contributed by atoms with Gasteiger partial charge >= 0.3 is 0 Å². The summed E-state index contributed by atoms with van der Waals surface area (Å²) in [7, 11) is 0. The Morgan fingerprint density at radius 1 is 1.14 bits per heavy atom. The van der Waals surface area contributed by atoms with Crippen LogP contribution in [-0.2, 0) is 19.1 Å². The van der Waals surface area contributed by atoms with Crippen molar-refractivity contribution in [2.24, 2.45) is 0 Å². The van der Waals surface area contributed by atoms with Crippen LogP contribution >= 0.6 is 27.5 Å². The highest BCUT2D eigenvalue weighted by Crippen LogP contribution is 2.43. The SMILES string of the molecule is CC(=O)N1CN([C@@H]2O[C@H](CO)[C@@H](O)[C@H]2O)C2C1=C(Cl)N(C(C)=O)C(Br)N2C(C)=O. The fourth-order valence-electron chi connectivity index (χ4n) is 3.83. The molecule has 11 nitrogen and oxygen atoms in total. The van der Waals surface area contributed by atoms with Crippen molar-refractivity contribution in [1.29, 1.82) is 0 Å². The van der Waals surface area contributed by atoms with Gasteiger partial charge in [0.25, 0.3) is 0 Å². The van der Waals surface area contributed by atoms with Gasteiger partial charge in [0.2, 0.25) is 17.7 Å². The first-order valence-electron chi connectivity index (χ1n) is 8.81. The molecule has 162 valence electrons. The fourth-order valence-corrected chi connectivity index (χ4v) is 5.37. The number of fused-ring (bicyclic) bond motifs is 1. The van der Waals surface area contributed by atoms with E-state index < -0.39 is 60.1 Å². The third-order valence-corrected chi connectivity index (χ3v) is 6.44. The van der Waals surface area contributed by atoms with Crippen molar-refractivity contribution in [1.82, 2.24) is 19.6 Å². The van der Waals surface area contributed by atoms with E-state index in [0.29, 0.717) is 0 Å². The Hall–Kier alpha value is -1.28. The Morgan fingerprint density at radius 2 is 1.76 bits per heavy atom. The molecule has 0 aliphatic carbocycles. The summed E-state index contributed by atoms with van der Waals surface area (Å²) in [4.78, 5) is 42.1. The van der Waals surface area contributed by atoms with E-state index in [-0.39, 0.29) is 17.5 Å².